The van der Waals surface area contributed by atoms with Gasteiger partial charge in [-0.1, -0.05) is 54.1 Å². The second-order valence-electron chi connectivity index (χ2n) is 7.52. The maximum Gasteiger partial charge on any atom is 0.248 e. The number of amidine groups is 1. The Morgan fingerprint density at radius 1 is 0.939 bits per heavy atom. The number of primary amides is 1. The van der Waals surface area contributed by atoms with Gasteiger partial charge in [0.2, 0.25) is 5.91 Å². The summed E-state index contributed by atoms with van der Waals surface area (Å²) in [5, 5.41) is 3.32. The van der Waals surface area contributed by atoms with Crippen molar-refractivity contribution in [2.75, 3.05) is 11.9 Å². The van der Waals surface area contributed by atoms with Crippen molar-refractivity contribution >= 4 is 17.4 Å². The van der Waals surface area contributed by atoms with Gasteiger partial charge in [-0.15, -0.1) is 0 Å². The third-order valence-electron chi connectivity index (χ3n) is 4.69. The van der Waals surface area contributed by atoms with Crippen LogP contribution in [0.15, 0.2) is 101 Å². The van der Waals surface area contributed by atoms with Gasteiger partial charge in [0.15, 0.2) is 0 Å². The Morgan fingerprint density at radius 2 is 1.58 bits per heavy atom. The molecule has 1 aliphatic rings. The number of aryl methyl sites for hydroxylation is 1. The fourth-order valence-corrected chi connectivity index (χ4v) is 3.03. The number of allylic oxidation sites excluding steroid dienone is 1. The van der Waals surface area contributed by atoms with E-state index in [0.29, 0.717) is 5.56 Å². The first kappa shape index (κ1) is 25.3. The van der Waals surface area contributed by atoms with Crippen LogP contribution in [0, 0.1) is 12.7 Å². The molecule has 0 spiro atoms. The second kappa shape index (κ2) is 13.5. The molecule has 5 N–H and O–H groups in total. The Balaban J connectivity index is 0.000000193. The minimum absolute atomic E-state index is 0.178. The van der Waals surface area contributed by atoms with E-state index in [4.69, 9.17) is 11.5 Å². The SMILES string of the molecule is C/C(N)=C1\CCCN=C1Nc1ccccc1.Cc1cccc(C(N)=O)c1.Fc1ccccc1. The summed E-state index contributed by atoms with van der Waals surface area (Å²) in [5.41, 5.74) is 15.6. The van der Waals surface area contributed by atoms with E-state index >= 15 is 0 Å². The van der Waals surface area contributed by atoms with E-state index in [1.807, 2.05) is 56.3 Å². The quantitative estimate of drug-likeness (QED) is 0.489. The van der Waals surface area contributed by atoms with Gasteiger partial charge in [-0.05, 0) is 63.1 Å². The van der Waals surface area contributed by atoms with Crippen LogP contribution in [0.3, 0.4) is 0 Å². The average molecular weight is 447 g/mol. The Labute approximate surface area is 195 Å². The molecule has 172 valence electrons. The van der Waals surface area contributed by atoms with Gasteiger partial charge in [0.05, 0.1) is 0 Å². The molecular formula is C27H31FN4O. The highest BCUT2D eigenvalue weighted by Crippen LogP contribution is 2.18. The van der Waals surface area contributed by atoms with Gasteiger partial charge in [0, 0.05) is 29.1 Å². The molecule has 0 unspecified atom stereocenters. The van der Waals surface area contributed by atoms with Crippen LogP contribution < -0.4 is 16.8 Å². The van der Waals surface area contributed by atoms with Gasteiger partial charge in [-0.2, -0.15) is 0 Å². The summed E-state index contributed by atoms with van der Waals surface area (Å²) >= 11 is 0. The van der Waals surface area contributed by atoms with Crippen molar-refractivity contribution in [2.45, 2.75) is 26.7 Å². The van der Waals surface area contributed by atoms with E-state index in [-0.39, 0.29) is 11.7 Å². The predicted octanol–water partition coefficient (Wildman–Crippen LogP) is 5.44. The monoisotopic (exact) mass is 446 g/mol. The average Bonchev–Trinajstić information content (AvgIpc) is 2.81. The van der Waals surface area contributed by atoms with Crippen LogP contribution in [-0.2, 0) is 0 Å². The van der Waals surface area contributed by atoms with Crippen molar-refractivity contribution in [1.29, 1.82) is 0 Å². The van der Waals surface area contributed by atoms with Gasteiger partial charge in [-0.25, -0.2) is 4.39 Å². The Hall–Kier alpha value is -3.93. The fraction of sp³-hybridized carbons (Fsp3) is 0.185. The van der Waals surface area contributed by atoms with Crippen LogP contribution in [-0.4, -0.2) is 18.3 Å². The number of benzene rings is 3. The highest BCUT2D eigenvalue weighted by atomic mass is 19.1. The largest absolute Gasteiger partial charge is 0.402 e. The van der Waals surface area contributed by atoms with Crippen molar-refractivity contribution in [2.24, 2.45) is 16.5 Å². The fourth-order valence-electron chi connectivity index (χ4n) is 3.03. The van der Waals surface area contributed by atoms with Crippen LogP contribution in [0.1, 0.15) is 35.7 Å². The zero-order valence-electron chi connectivity index (χ0n) is 19.1. The summed E-state index contributed by atoms with van der Waals surface area (Å²) < 4.78 is 11.9. The lowest BCUT2D eigenvalue weighted by Crippen LogP contribution is -2.22. The zero-order chi connectivity index (χ0) is 24.1. The van der Waals surface area contributed by atoms with Crippen LogP contribution in [0.4, 0.5) is 10.1 Å². The van der Waals surface area contributed by atoms with E-state index in [2.05, 4.69) is 10.3 Å². The first-order chi connectivity index (χ1) is 15.9. The smallest absolute Gasteiger partial charge is 0.248 e. The number of hydrogen-bond donors (Lipinski definition) is 3. The highest BCUT2D eigenvalue weighted by molar-refractivity contribution is 6.08. The Kier molecular flexibility index (Phi) is 10.3. The number of nitrogens with two attached hydrogens (primary N) is 2. The van der Waals surface area contributed by atoms with Gasteiger partial charge in [0.25, 0.3) is 0 Å². The Bertz CT molecular complexity index is 1080. The van der Waals surface area contributed by atoms with Gasteiger partial charge in [0.1, 0.15) is 11.7 Å². The van der Waals surface area contributed by atoms with Gasteiger partial charge in [-0.3, -0.25) is 9.79 Å². The molecule has 0 aromatic heterocycles. The number of halogens is 1. The molecule has 0 aliphatic carbocycles. The molecule has 0 radical (unpaired) electrons. The second-order valence-corrected chi connectivity index (χ2v) is 7.52. The lowest BCUT2D eigenvalue weighted by atomic mass is 10.0. The molecule has 0 bridgehead atoms. The molecule has 33 heavy (non-hydrogen) atoms. The number of carbonyl (C=O) groups is 1. The molecule has 4 rings (SSSR count). The summed E-state index contributed by atoms with van der Waals surface area (Å²) in [6.45, 7) is 4.74. The summed E-state index contributed by atoms with van der Waals surface area (Å²) in [5.74, 6) is 0.378. The lowest BCUT2D eigenvalue weighted by molar-refractivity contribution is 0.1000. The number of anilines is 1. The molecule has 0 fully saturated rings. The minimum atomic E-state index is -0.372. The molecular weight excluding hydrogens is 415 g/mol. The predicted molar refractivity (Wildman–Crippen MR) is 135 cm³/mol. The van der Waals surface area contributed by atoms with Gasteiger partial charge >= 0.3 is 0 Å². The molecule has 3 aromatic rings. The third-order valence-corrected chi connectivity index (χ3v) is 4.69. The van der Waals surface area contributed by atoms with E-state index < -0.39 is 0 Å². The Morgan fingerprint density at radius 3 is 2.06 bits per heavy atom. The molecule has 1 heterocycles. The van der Waals surface area contributed by atoms with Gasteiger partial charge < -0.3 is 16.8 Å². The summed E-state index contributed by atoms with van der Waals surface area (Å²) in [4.78, 5) is 15.1. The van der Waals surface area contributed by atoms with E-state index in [1.165, 1.54) is 12.1 Å². The topological polar surface area (TPSA) is 93.5 Å². The number of carbonyl (C=O) groups excluding carboxylic acids is 1. The van der Waals surface area contributed by atoms with Crippen molar-refractivity contribution in [1.82, 2.24) is 0 Å². The first-order valence-corrected chi connectivity index (χ1v) is 10.8. The first-order valence-electron chi connectivity index (χ1n) is 10.8. The van der Waals surface area contributed by atoms with Crippen LogP contribution in [0.5, 0.6) is 0 Å². The van der Waals surface area contributed by atoms with E-state index in [9.17, 15) is 9.18 Å². The lowest BCUT2D eigenvalue weighted by Gasteiger charge is -2.18. The number of nitrogens with zero attached hydrogens (tertiary/aromatic N) is 1. The van der Waals surface area contributed by atoms with E-state index in [0.717, 1.165) is 47.7 Å². The number of amides is 1. The molecule has 0 atom stereocenters. The van der Waals surface area contributed by atoms with Crippen LogP contribution in [0.2, 0.25) is 0 Å². The maximum absolute atomic E-state index is 11.9. The van der Waals surface area contributed by atoms with Crippen molar-refractivity contribution in [3.05, 3.63) is 113 Å². The molecule has 1 amide bonds. The molecule has 6 heteroatoms. The third kappa shape index (κ3) is 9.39. The van der Waals surface area contributed by atoms with Crippen molar-refractivity contribution in [3.8, 4) is 0 Å². The number of aliphatic imine (C=N–C) groups is 1. The number of para-hydroxylation sites is 1. The van der Waals surface area contributed by atoms with Crippen molar-refractivity contribution < 1.29 is 9.18 Å². The molecule has 1 aliphatic heterocycles. The summed E-state index contributed by atoms with van der Waals surface area (Å²) in [6.07, 6.45) is 2.10. The van der Waals surface area contributed by atoms with Crippen LogP contribution >= 0.6 is 0 Å². The normalized spacial score (nSPS) is 13.8. The summed E-state index contributed by atoms with van der Waals surface area (Å²) in [7, 11) is 0. The summed E-state index contributed by atoms with van der Waals surface area (Å²) in [6, 6.07) is 25.2. The molecule has 0 saturated heterocycles. The number of hydrogen-bond acceptors (Lipinski definition) is 4. The molecule has 3 aromatic carbocycles. The van der Waals surface area contributed by atoms with E-state index in [1.54, 1.807) is 30.3 Å². The number of nitrogens with one attached hydrogen (secondary N) is 1. The zero-order valence-corrected chi connectivity index (χ0v) is 19.1. The molecule has 5 nitrogen and oxygen atoms in total. The van der Waals surface area contributed by atoms with Crippen LogP contribution in [0.25, 0.3) is 0 Å². The highest BCUT2D eigenvalue weighted by Gasteiger charge is 2.13. The minimum Gasteiger partial charge on any atom is -0.402 e. The standard InChI is InChI=1S/C13H17N3.C8H9NO.C6H5F/c1-10(14)12-8-5-9-15-13(12)16-11-6-3-2-4-7-11;1-6-3-2-4-7(5-6)8(9)10;7-6-4-2-1-3-5-6/h2-4,6-7H,5,8-9,14H2,1H3,(H,15,16);2-5H,1H3,(H2,9,10);1-5H/b12-10-;;. The maximum atomic E-state index is 11.9. The molecule has 0 saturated carbocycles. The number of rotatable bonds is 2. The van der Waals surface area contributed by atoms with Crippen molar-refractivity contribution in [3.63, 3.8) is 0 Å².